The van der Waals surface area contributed by atoms with Crippen LogP contribution in [0.5, 0.6) is 0 Å². The maximum atomic E-state index is 13.2. The third kappa shape index (κ3) is 3.15. The molecule has 0 atom stereocenters. The molecular formula is C11H15FO. The molecule has 1 nitrogen and oxygen atoms in total. The molecule has 0 aliphatic carbocycles. The minimum Gasteiger partial charge on any atom is -0.390 e. The highest BCUT2D eigenvalue weighted by Gasteiger charge is 2.15. The van der Waals surface area contributed by atoms with E-state index < -0.39 is 5.60 Å². The van der Waals surface area contributed by atoms with Gasteiger partial charge in [-0.15, -0.1) is 0 Å². The van der Waals surface area contributed by atoms with Crippen LogP contribution in [0.2, 0.25) is 0 Å². The Labute approximate surface area is 78.2 Å². The summed E-state index contributed by atoms with van der Waals surface area (Å²) in [6.45, 7) is 5.26. The maximum absolute atomic E-state index is 13.2. The summed E-state index contributed by atoms with van der Waals surface area (Å²) in [7, 11) is 0. The average molecular weight is 182 g/mol. The van der Waals surface area contributed by atoms with Crippen molar-refractivity contribution in [1.29, 1.82) is 0 Å². The number of hydrogen-bond acceptors (Lipinski definition) is 1. The topological polar surface area (TPSA) is 20.2 Å². The first-order valence-corrected chi connectivity index (χ1v) is 4.36. The molecule has 2 heteroatoms. The van der Waals surface area contributed by atoms with Gasteiger partial charge in [-0.05, 0) is 32.4 Å². The van der Waals surface area contributed by atoms with Gasteiger partial charge in [0.25, 0.3) is 0 Å². The first-order chi connectivity index (χ1) is 5.88. The van der Waals surface area contributed by atoms with Crippen LogP contribution in [0.4, 0.5) is 4.39 Å². The number of benzene rings is 1. The van der Waals surface area contributed by atoms with Gasteiger partial charge in [-0.3, -0.25) is 0 Å². The fourth-order valence-electron chi connectivity index (χ4n) is 1.31. The van der Waals surface area contributed by atoms with Crippen molar-refractivity contribution in [3.8, 4) is 0 Å². The quantitative estimate of drug-likeness (QED) is 0.744. The third-order valence-corrected chi connectivity index (χ3v) is 1.82. The molecule has 0 saturated heterocycles. The van der Waals surface area contributed by atoms with Crippen molar-refractivity contribution in [2.24, 2.45) is 0 Å². The molecule has 72 valence electrons. The van der Waals surface area contributed by atoms with Gasteiger partial charge in [0.05, 0.1) is 5.60 Å². The normalized spacial score (nSPS) is 11.8. The lowest BCUT2D eigenvalue weighted by atomic mass is 9.97. The molecule has 0 unspecified atom stereocenters. The Kier molecular flexibility index (Phi) is 2.71. The Morgan fingerprint density at radius 3 is 2.54 bits per heavy atom. The van der Waals surface area contributed by atoms with Crippen LogP contribution in [-0.4, -0.2) is 10.7 Å². The maximum Gasteiger partial charge on any atom is 0.126 e. The van der Waals surface area contributed by atoms with Crippen LogP contribution in [-0.2, 0) is 6.42 Å². The summed E-state index contributed by atoms with van der Waals surface area (Å²) in [5, 5.41) is 9.52. The van der Waals surface area contributed by atoms with Crippen molar-refractivity contribution in [2.45, 2.75) is 32.8 Å². The van der Waals surface area contributed by atoms with E-state index in [9.17, 15) is 9.50 Å². The number of halogens is 1. The molecule has 0 saturated carbocycles. The van der Waals surface area contributed by atoms with Crippen molar-refractivity contribution < 1.29 is 9.50 Å². The van der Waals surface area contributed by atoms with E-state index >= 15 is 0 Å². The van der Waals surface area contributed by atoms with Crippen LogP contribution in [0.1, 0.15) is 25.0 Å². The summed E-state index contributed by atoms with van der Waals surface area (Å²) in [5.41, 5.74) is 0.738. The van der Waals surface area contributed by atoms with E-state index in [2.05, 4.69) is 0 Å². The SMILES string of the molecule is Cc1ccc(F)c(CC(C)(C)O)c1. The van der Waals surface area contributed by atoms with Gasteiger partial charge >= 0.3 is 0 Å². The first kappa shape index (κ1) is 10.2. The molecule has 0 radical (unpaired) electrons. The zero-order chi connectivity index (χ0) is 10.1. The van der Waals surface area contributed by atoms with E-state index in [-0.39, 0.29) is 5.82 Å². The lowest BCUT2D eigenvalue weighted by Crippen LogP contribution is -2.22. The molecule has 1 N–H and O–H groups in total. The van der Waals surface area contributed by atoms with E-state index in [1.807, 2.05) is 6.92 Å². The Morgan fingerprint density at radius 2 is 2.00 bits per heavy atom. The number of aryl methyl sites for hydroxylation is 1. The highest BCUT2D eigenvalue weighted by atomic mass is 19.1. The van der Waals surface area contributed by atoms with E-state index in [0.29, 0.717) is 12.0 Å². The smallest absolute Gasteiger partial charge is 0.126 e. The fourth-order valence-corrected chi connectivity index (χ4v) is 1.31. The van der Waals surface area contributed by atoms with Crippen LogP contribution in [0, 0.1) is 12.7 Å². The molecule has 1 aromatic rings. The molecule has 0 aliphatic rings. The second kappa shape index (κ2) is 3.46. The standard InChI is InChI=1S/C11H15FO/c1-8-4-5-10(12)9(6-8)7-11(2,3)13/h4-6,13H,7H2,1-3H3. The van der Waals surface area contributed by atoms with Gasteiger partial charge in [0.15, 0.2) is 0 Å². The van der Waals surface area contributed by atoms with E-state index in [1.165, 1.54) is 6.07 Å². The van der Waals surface area contributed by atoms with E-state index in [1.54, 1.807) is 26.0 Å². The van der Waals surface area contributed by atoms with Gasteiger partial charge in [0.2, 0.25) is 0 Å². The van der Waals surface area contributed by atoms with Crippen molar-refractivity contribution in [3.63, 3.8) is 0 Å². The Hall–Kier alpha value is -0.890. The molecule has 0 aromatic heterocycles. The summed E-state index contributed by atoms with van der Waals surface area (Å²) in [5.74, 6) is -0.243. The van der Waals surface area contributed by atoms with Crippen molar-refractivity contribution >= 4 is 0 Å². The fraction of sp³-hybridized carbons (Fsp3) is 0.455. The van der Waals surface area contributed by atoms with Gasteiger partial charge in [-0.2, -0.15) is 0 Å². The monoisotopic (exact) mass is 182 g/mol. The van der Waals surface area contributed by atoms with Crippen LogP contribution in [0.25, 0.3) is 0 Å². The van der Waals surface area contributed by atoms with Crippen LogP contribution >= 0.6 is 0 Å². The third-order valence-electron chi connectivity index (χ3n) is 1.82. The lowest BCUT2D eigenvalue weighted by molar-refractivity contribution is 0.0800. The molecule has 0 heterocycles. The number of rotatable bonds is 2. The zero-order valence-electron chi connectivity index (χ0n) is 8.26. The lowest BCUT2D eigenvalue weighted by Gasteiger charge is -2.17. The molecule has 0 aliphatic heterocycles. The molecule has 13 heavy (non-hydrogen) atoms. The molecule has 1 rings (SSSR count). The molecule has 0 spiro atoms. The van der Waals surface area contributed by atoms with Gasteiger partial charge < -0.3 is 5.11 Å². The molecule has 1 aromatic carbocycles. The van der Waals surface area contributed by atoms with E-state index in [0.717, 1.165) is 5.56 Å². The number of aliphatic hydroxyl groups is 1. The Morgan fingerprint density at radius 1 is 1.38 bits per heavy atom. The van der Waals surface area contributed by atoms with Crippen molar-refractivity contribution in [2.75, 3.05) is 0 Å². The van der Waals surface area contributed by atoms with Crippen LogP contribution in [0.15, 0.2) is 18.2 Å². The highest BCUT2D eigenvalue weighted by molar-refractivity contribution is 5.25. The summed E-state index contributed by atoms with van der Waals surface area (Å²) in [4.78, 5) is 0. The van der Waals surface area contributed by atoms with Gasteiger partial charge in [0.1, 0.15) is 5.82 Å². The minimum atomic E-state index is -0.853. The molecular weight excluding hydrogens is 167 g/mol. The summed E-state index contributed by atoms with van der Waals surface area (Å²) < 4.78 is 13.2. The van der Waals surface area contributed by atoms with Gasteiger partial charge in [-0.1, -0.05) is 17.7 Å². The average Bonchev–Trinajstić information content (AvgIpc) is 1.94. The zero-order valence-corrected chi connectivity index (χ0v) is 8.26. The molecule has 0 bridgehead atoms. The van der Waals surface area contributed by atoms with E-state index in [4.69, 9.17) is 0 Å². The van der Waals surface area contributed by atoms with Gasteiger partial charge in [0, 0.05) is 6.42 Å². The first-order valence-electron chi connectivity index (χ1n) is 4.36. The predicted octanol–water partition coefficient (Wildman–Crippen LogP) is 2.45. The van der Waals surface area contributed by atoms with Crippen molar-refractivity contribution in [1.82, 2.24) is 0 Å². The van der Waals surface area contributed by atoms with Crippen molar-refractivity contribution in [3.05, 3.63) is 35.1 Å². The summed E-state index contributed by atoms with van der Waals surface area (Å²) >= 11 is 0. The van der Waals surface area contributed by atoms with Gasteiger partial charge in [-0.25, -0.2) is 4.39 Å². The molecule has 0 fully saturated rings. The van der Waals surface area contributed by atoms with Crippen LogP contribution < -0.4 is 0 Å². The second-order valence-corrected chi connectivity index (χ2v) is 4.08. The second-order valence-electron chi connectivity index (χ2n) is 4.08. The number of hydrogen-bond donors (Lipinski definition) is 1. The Bertz CT molecular complexity index is 299. The Balaban J connectivity index is 2.94. The largest absolute Gasteiger partial charge is 0.390 e. The summed E-state index contributed by atoms with van der Waals surface area (Å²) in [6, 6.07) is 4.94. The molecule has 0 amide bonds. The minimum absolute atomic E-state index is 0.243. The highest BCUT2D eigenvalue weighted by Crippen LogP contribution is 2.16. The van der Waals surface area contributed by atoms with Crippen LogP contribution in [0.3, 0.4) is 0 Å². The predicted molar refractivity (Wildman–Crippen MR) is 51.1 cm³/mol. The summed E-state index contributed by atoms with van der Waals surface area (Å²) in [6.07, 6.45) is 0.348.